The van der Waals surface area contributed by atoms with E-state index in [1.165, 1.54) is 12.6 Å². The number of benzene rings is 3. The molecule has 1 aromatic heterocycles. The lowest BCUT2D eigenvalue weighted by Crippen LogP contribution is -2.27. The fourth-order valence-electron chi connectivity index (χ4n) is 3.89. The predicted octanol–water partition coefficient (Wildman–Crippen LogP) is 4.71. The van der Waals surface area contributed by atoms with Gasteiger partial charge in [-0.2, -0.15) is 9.40 Å². The molecule has 0 aliphatic heterocycles. The van der Waals surface area contributed by atoms with Crippen molar-refractivity contribution in [1.82, 2.24) is 14.1 Å². The second kappa shape index (κ2) is 10.4. The van der Waals surface area contributed by atoms with E-state index in [-0.39, 0.29) is 17.3 Å². The van der Waals surface area contributed by atoms with Gasteiger partial charge in [0.25, 0.3) is 5.91 Å². The normalized spacial score (nSPS) is 11.7. The fourth-order valence-corrected chi connectivity index (χ4v) is 4.97. The van der Waals surface area contributed by atoms with Crippen molar-refractivity contribution >= 4 is 32.5 Å². The number of aromatic nitrogens is 2. The number of nitrogens with zero attached hydrogens (tertiary/aromatic N) is 3. The summed E-state index contributed by atoms with van der Waals surface area (Å²) in [4.78, 5) is 13.3. The first-order valence-electron chi connectivity index (χ1n) is 11.6. The second-order valence-corrected chi connectivity index (χ2v) is 10.9. The first-order valence-corrected chi connectivity index (χ1v) is 13.0. The van der Waals surface area contributed by atoms with Crippen molar-refractivity contribution < 1.29 is 13.2 Å². The van der Waals surface area contributed by atoms with Crippen molar-refractivity contribution in [2.75, 3.05) is 18.9 Å². The van der Waals surface area contributed by atoms with Gasteiger partial charge in [-0.3, -0.25) is 9.48 Å². The summed E-state index contributed by atoms with van der Waals surface area (Å²) in [5, 5.41) is 8.28. The second-order valence-electron chi connectivity index (χ2n) is 8.86. The Hall–Kier alpha value is -3.93. The first kappa shape index (κ1) is 25.2. The molecule has 0 atom stereocenters. The monoisotopic (exact) mass is 500 g/mol. The maximum Gasteiger partial charge on any atom is 0.276 e. The minimum atomic E-state index is -3.65. The molecule has 0 unspecified atom stereocenters. The van der Waals surface area contributed by atoms with Crippen LogP contribution in [0.25, 0.3) is 10.9 Å². The summed E-state index contributed by atoms with van der Waals surface area (Å²) in [6, 6.07) is 21.9. The number of para-hydroxylation sites is 1. The standard InChI is InChI=1S/C28H28N4O3S/c1-5-18-31(4)36(34,35)24-16-10-21(11-17-24)19-32-26-9-7-6-8-25(26)27(30-32)28(33)29-23-14-12-22(13-15-23)20(2)3/h1,6-17,20H,18-19H2,2-4H3,(H,29,33). The van der Waals surface area contributed by atoms with E-state index in [0.717, 1.165) is 20.8 Å². The van der Waals surface area contributed by atoms with E-state index >= 15 is 0 Å². The van der Waals surface area contributed by atoms with Gasteiger partial charge in [0, 0.05) is 18.1 Å². The van der Waals surface area contributed by atoms with E-state index < -0.39 is 10.0 Å². The van der Waals surface area contributed by atoms with Gasteiger partial charge in [0.2, 0.25) is 10.0 Å². The zero-order valence-corrected chi connectivity index (χ0v) is 21.3. The molecular weight excluding hydrogens is 472 g/mol. The van der Waals surface area contributed by atoms with Gasteiger partial charge in [0.05, 0.1) is 23.5 Å². The highest BCUT2D eigenvalue weighted by Crippen LogP contribution is 2.23. The number of carbonyl (C=O) groups is 1. The van der Waals surface area contributed by atoms with Gasteiger partial charge in [-0.1, -0.05) is 62.2 Å². The number of amides is 1. The minimum Gasteiger partial charge on any atom is -0.321 e. The van der Waals surface area contributed by atoms with Crippen LogP contribution < -0.4 is 5.32 Å². The van der Waals surface area contributed by atoms with Gasteiger partial charge in [-0.15, -0.1) is 6.42 Å². The summed E-state index contributed by atoms with van der Waals surface area (Å²) in [6.45, 7) is 4.61. The van der Waals surface area contributed by atoms with E-state index in [1.807, 2.05) is 48.5 Å². The highest BCUT2D eigenvalue weighted by Gasteiger charge is 2.20. The summed E-state index contributed by atoms with van der Waals surface area (Å²) in [6.07, 6.45) is 5.25. The van der Waals surface area contributed by atoms with Gasteiger partial charge in [-0.05, 0) is 47.4 Å². The third-order valence-corrected chi connectivity index (χ3v) is 7.80. The number of nitrogens with one attached hydrogen (secondary N) is 1. The molecule has 0 saturated heterocycles. The smallest absolute Gasteiger partial charge is 0.276 e. The van der Waals surface area contributed by atoms with Crippen LogP contribution in [0.2, 0.25) is 0 Å². The SMILES string of the molecule is C#CCN(C)S(=O)(=O)c1ccc(Cn2nc(C(=O)Nc3ccc(C(C)C)cc3)c3ccccc32)cc1. The van der Waals surface area contributed by atoms with Crippen molar-refractivity contribution in [3.05, 3.63) is 89.6 Å². The first-order chi connectivity index (χ1) is 17.2. The third-order valence-electron chi connectivity index (χ3n) is 5.99. The lowest BCUT2D eigenvalue weighted by molar-refractivity contribution is 0.102. The average Bonchev–Trinajstić information content (AvgIpc) is 3.23. The summed E-state index contributed by atoms with van der Waals surface area (Å²) in [7, 11) is -2.21. The Labute approximate surface area is 211 Å². The lowest BCUT2D eigenvalue weighted by Gasteiger charge is -2.14. The zero-order chi connectivity index (χ0) is 25.9. The van der Waals surface area contributed by atoms with E-state index in [2.05, 4.69) is 30.2 Å². The number of fused-ring (bicyclic) bond motifs is 1. The number of hydrogen-bond donors (Lipinski definition) is 1. The summed E-state index contributed by atoms with van der Waals surface area (Å²) >= 11 is 0. The Morgan fingerprint density at radius 1 is 1.06 bits per heavy atom. The van der Waals surface area contributed by atoms with Crippen molar-refractivity contribution in [3.63, 3.8) is 0 Å². The molecular formula is C28H28N4O3S. The number of hydrogen-bond acceptors (Lipinski definition) is 4. The third kappa shape index (κ3) is 5.18. The molecule has 0 fully saturated rings. The van der Waals surface area contributed by atoms with Crippen LogP contribution in [-0.4, -0.2) is 42.0 Å². The fraction of sp³-hybridized carbons (Fsp3) is 0.214. The van der Waals surface area contributed by atoms with Crippen LogP contribution in [0.15, 0.2) is 77.7 Å². The van der Waals surface area contributed by atoms with Crippen LogP contribution >= 0.6 is 0 Å². The zero-order valence-electron chi connectivity index (χ0n) is 20.5. The summed E-state index contributed by atoms with van der Waals surface area (Å²) in [5.74, 6) is 2.46. The molecule has 3 aromatic carbocycles. The largest absolute Gasteiger partial charge is 0.321 e. The molecule has 0 saturated carbocycles. The molecule has 8 heteroatoms. The molecule has 0 radical (unpaired) electrons. The Kier molecular flexibility index (Phi) is 7.25. The maximum atomic E-state index is 13.1. The van der Waals surface area contributed by atoms with Gasteiger partial charge in [0.15, 0.2) is 5.69 Å². The van der Waals surface area contributed by atoms with E-state index in [9.17, 15) is 13.2 Å². The van der Waals surface area contributed by atoms with Crippen molar-refractivity contribution in [1.29, 1.82) is 0 Å². The lowest BCUT2D eigenvalue weighted by atomic mass is 10.0. The predicted molar refractivity (Wildman–Crippen MR) is 142 cm³/mol. The average molecular weight is 501 g/mol. The maximum absolute atomic E-state index is 13.1. The minimum absolute atomic E-state index is 0.00390. The molecule has 0 aliphatic rings. The Morgan fingerprint density at radius 3 is 2.36 bits per heavy atom. The van der Waals surface area contributed by atoms with Gasteiger partial charge >= 0.3 is 0 Å². The van der Waals surface area contributed by atoms with Crippen LogP contribution in [0, 0.1) is 12.3 Å². The van der Waals surface area contributed by atoms with E-state index in [1.54, 1.807) is 28.9 Å². The molecule has 0 bridgehead atoms. The van der Waals surface area contributed by atoms with Crippen molar-refractivity contribution in [2.45, 2.75) is 31.2 Å². The van der Waals surface area contributed by atoms with Crippen LogP contribution in [0.5, 0.6) is 0 Å². The molecule has 0 aliphatic carbocycles. The van der Waals surface area contributed by atoms with Crippen LogP contribution in [0.4, 0.5) is 5.69 Å². The number of carbonyl (C=O) groups excluding carboxylic acids is 1. The Morgan fingerprint density at radius 2 is 1.72 bits per heavy atom. The van der Waals surface area contributed by atoms with Gasteiger partial charge < -0.3 is 5.32 Å². The summed E-state index contributed by atoms with van der Waals surface area (Å²) in [5.41, 5.74) is 3.88. The van der Waals surface area contributed by atoms with Crippen molar-refractivity contribution in [2.24, 2.45) is 0 Å². The molecule has 1 N–H and O–H groups in total. The van der Waals surface area contributed by atoms with Crippen LogP contribution in [-0.2, 0) is 16.6 Å². The summed E-state index contributed by atoms with van der Waals surface area (Å²) < 4.78 is 28.1. The topological polar surface area (TPSA) is 84.3 Å². The highest BCUT2D eigenvalue weighted by atomic mass is 32.2. The molecule has 4 rings (SSSR count). The van der Waals surface area contributed by atoms with Gasteiger partial charge in [-0.25, -0.2) is 8.42 Å². The number of rotatable bonds is 8. The number of anilines is 1. The van der Waals surface area contributed by atoms with Gasteiger partial charge in [0.1, 0.15) is 0 Å². The number of sulfonamides is 1. The Bertz CT molecular complexity index is 1530. The molecule has 7 nitrogen and oxygen atoms in total. The molecule has 36 heavy (non-hydrogen) atoms. The molecule has 1 amide bonds. The molecule has 4 aromatic rings. The highest BCUT2D eigenvalue weighted by molar-refractivity contribution is 7.89. The molecule has 0 spiro atoms. The van der Waals surface area contributed by atoms with Crippen LogP contribution in [0.1, 0.15) is 41.4 Å². The van der Waals surface area contributed by atoms with E-state index in [4.69, 9.17) is 6.42 Å². The van der Waals surface area contributed by atoms with E-state index in [0.29, 0.717) is 23.8 Å². The van der Waals surface area contributed by atoms with Crippen molar-refractivity contribution in [3.8, 4) is 12.3 Å². The molecule has 184 valence electrons. The quantitative estimate of drug-likeness (QED) is 0.355. The Balaban J connectivity index is 1.58. The molecule has 1 heterocycles. The van der Waals surface area contributed by atoms with Crippen LogP contribution in [0.3, 0.4) is 0 Å². The number of terminal acetylenes is 1.